The Kier molecular flexibility index (Phi) is 5.60. The monoisotopic (exact) mass is 318 g/mol. The molecule has 22 heavy (non-hydrogen) atoms. The topological polar surface area (TPSA) is 84.0 Å². The van der Waals surface area contributed by atoms with Gasteiger partial charge >= 0.3 is 0 Å². The van der Waals surface area contributed by atoms with Crippen LogP contribution in [0.5, 0.6) is 0 Å². The van der Waals surface area contributed by atoms with E-state index in [1.54, 1.807) is 12.1 Å². The van der Waals surface area contributed by atoms with Gasteiger partial charge in [-0.3, -0.25) is 14.9 Å². The molecule has 116 valence electrons. The molecular formula is C15H18N4O2S. The summed E-state index contributed by atoms with van der Waals surface area (Å²) in [6, 6.07) is 7.23. The third-order valence-electron chi connectivity index (χ3n) is 2.98. The normalized spacial score (nSPS) is 10.3. The second kappa shape index (κ2) is 7.65. The van der Waals surface area contributed by atoms with Crippen LogP contribution < -0.4 is 10.6 Å². The summed E-state index contributed by atoms with van der Waals surface area (Å²) in [4.78, 5) is 23.8. The van der Waals surface area contributed by atoms with Gasteiger partial charge in [0.15, 0.2) is 0 Å². The zero-order chi connectivity index (χ0) is 15.9. The zero-order valence-corrected chi connectivity index (χ0v) is 13.4. The summed E-state index contributed by atoms with van der Waals surface area (Å²) in [5.74, 6) is -0.585. The minimum absolute atomic E-state index is 0.101. The molecule has 0 bridgehead atoms. The Hall–Kier alpha value is -2.28. The first kappa shape index (κ1) is 16.1. The summed E-state index contributed by atoms with van der Waals surface area (Å²) in [6.07, 6.45) is 1.83. The molecule has 2 N–H and O–H groups in total. The maximum atomic E-state index is 12.0. The quantitative estimate of drug-likeness (QED) is 0.855. The summed E-state index contributed by atoms with van der Waals surface area (Å²) in [6.45, 7) is 3.81. The molecule has 7 heteroatoms. The van der Waals surface area contributed by atoms with E-state index >= 15 is 0 Å². The van der Waals surface area contributed by atoms with Gasteiger partial charge in [0.1, 0.15) is 5.01 Å². The number of nitrogens with one attached hydrogen (secondary N) is 2. The highest BCUT2D eigenvalue weighted by atomic mass is 32.1. The van der Waals surface area contributed by atoms with Gasteiger partial charge in [0.25, 0.3) is 5.91 Å². The van der Waals surface area contributed by atoms with Gasteiger partial charge in [-0.15, -0.1) is 10.2 Å². The highest BCUT2D eigenvalue weighted by Crippen LogP contribution is 2.16. The number of carbonyl (C=O) groups excluding carboxylic acids is 2. The largest absolute Gasteiger partial charge is 0.343 e. The zero-order valence-electron chi connectivity index (χ0n) is 12.5. The molecule has 0 aliphatic rings. The van der Waals surface area contributed by atoms with Crippen LogP contribution >= 0.6 is 11.3 Å². The number of nitrogens with zero attached hydrogens (tertiary/aromatic N) is 2. The number of aryl methyl sites for hydroxylation is 2. The van der Waals surface area contributed by atoms with Crippen LogP contribution in [0.1, 0.15) is 34.3 Å². The van der Waals surface area contributed by atoms with Gasteiger partial charge in [-0.2, -0.15) is 0 Å². The molecule has 1 heterocycles. The number of rotatable bonds is 6. The number of carbonyl (C=O) groups is 2. The van der Waals surface area contributed by atoms with E-state index in [1.165, 1.54) is 11.3 Å². The summed E-state index contributed by atoms with van der Waals surface area (Å²) in [5.41, 5.74) is 1.44. The third kappa shape index (κ3) is 4.36. The predicted molar refractivity (Wildman–Crippen MR) is 86.0 cm³/mol. The van der Waals surface area contributed by atoms with Gasteiger partial charge in [0.2, 0.25) is 11.0 Å². The number of aromatic nitrogens is 2. The predicted octanol–water partition coefficient (Wildman–Crippen LogP) is 2.17. The van der Waals surface area contributed by atoms with Crippen LogP contribution in [-0.2, 0) is 11.2 Å². The lowest BCUT2D eigenvalue weighted by Crippen LogP contribution is -2.33. The fraction of sp³-hybridized carbons (Fsp3) is 0.333. The molecule has 0 fully saturated rings. The van der Waals surface area contributed by atoms with Crippen LogP contribution in [0.15, 0.2) is 24.3 Å². The Morgan fingerprint density at radius 1 is 1.23 bits per heavy atom. The van der Waals surface area contributed by atoms with Gasteiger partial charge in [0, 0.05) is 12.0 Å². The fourth-order valence-corrected chi connectivity index (χ4v) is 2.72. The van der Waals surface area contributed by atoms with Crippen molar-refractivity contribution in [3.63, 3.8) is 0 Å². The number of hydrogen-bond acceptors (Lipinski definition) is 5. The number of hydrogen-bond donors (Lipinski definition) is 2. The van der Waals surface area contributed by atoms with Crippen molar-refractivity contribution in [1.82, 2.24) is 15.5 Å². The fourth-order valence-electron chi connectivity index (χ4n) is 1.87. The highest BCUT2D eigenvalue weighted by molar-refractivity contribution is 7.15. The van der Waals surface area contributed by atoms with Crippen LogP contribution in [-0.4, -0.2) is 28.6 Å². The summed E-state index contributed by atoms with van der Waals surface area (Å²) in [5, 5.41) is 14.5. The minimum atomic E-state index is -0.318. The van der Waals surface area contributed by atoms with E-state index in [1.807, 2.05) is 19.1 Å². The molecule has 0 saturated carbocycles. The van der Waals surface area contributed by atoms with Crippen molar-refractivity contribution in [1.29, 1.82) is 0 Å². The highest BCUT2D eigenvalue weighted by Gasteiger charge is 2.11. The second-order valence-electron chi connectivity index (χ2n) is 4.80. The number of anilines is 1. The van der Waals surface area contributed by atoms with Gasteiger partial charge in [0.05, 0.1) is 6.54 Å². The molecule has 2 amide bonds. The molecule has 0 spiro atoms. The van der Waals surface area contributed by atoms with E-state index in [0.717, 1.165) is 23.4 Å². The maximum absolute atomic E-state index is 12.0. The van der Waals surface area contributed by atoms with Gasteiger partial charge in [-0.25, -0.2) is 0 Å². The lowest BCUT2D eigenvalue weighted by Gasteiger charge is -2.06. The average Bonchev–Trinajstić information content (AvgIpc) is 2.93. The molecule has 0 aliphatic heterocycles. The van der Waals surface area contributed by atoms with E-state index in [0.29, 0.717) is 10.7 Å². The van der Waals surface area contributed by atoms with Crippen LogP contribution in [0, 0.1) is 6.92 Å². The standard InChI is InChI=1S/C15H18N4O2S/c1-3-6-13-18-19-15(22-13)17-12(20)9-16-14(21)11-8-5-4-7-10(11)2/h4-5,7-8H,3,6,9H2,1-2H3,(H,16,21)(H,17,19,20). The van der Waals surface area contributed by atoms with Crippen molar-refractivity contribution in [2.24, 2.45) is 0 Å². The van der Waals surface area contributed by atoms with Gasteiger partial charge < -0.3 is 5.32 Å². The SMILES string of the molecule is CCCc1nnc(NC(=O)CNC(=O)c2ccccc2C)s1. The van der Waals surface area contributed by atoms with Crippen molar-refractivity contribution < 1.29 is 9.59 Å². The van der Waals surface area contributed by atoms with E-state index in [9.17, 15) is 9.59 Å². The van der Waals surface area contributed by atoms with E-state index in [4.69, 9.17) is 0 Å². The molecule has 2 rings (SSSR count). The molecule has 0 saturated heterocycles. The molecule has 0 unspecified atom stereocenters. The van der Waals surface area contributed by atoms with Crippen molar-refractivity contribution in [3.8, 4) is 0 Å². The van der Waals surface area contributed by atoms with Crippen molar-refractivity contribution in [2.75, 3.05) is 11.9 Å². The Labute approximate surface area is 133 Å². The first-order valence-electron chi connectivity index (χ1n) is 7.06. The van der Waals surface area contributed by atoms with Crippen LogP contribution in [0.3, 0.4) is 0 Å². The minimum Gasteiger partial charge on any atom is -0.343 e. The Morgan fingerprint density at radius 3 is 2.73 bits per heavy atom. The Balaban J connectivity index is 1.84. The summed E-state index contributed by atoms with van der Waals surface area (Å²) < 4.78 is 0. The molecule has 0 atom stereocenters. The first-order chi connectivity index (χ1) is 10.6. The lowest BCUT2D eigenvalue weighted by molar-refractivity contribution is -0.115. The molecular weight excluding hydrogens is 300 g/mol. The van der Waals surface area contributed by atoms with Crippen molar-refractivity contribution in [3.05, 3.63) is 40.4 Å². The Bertz CT molecular complexity index is 669. The summed E-state index contributed by atoms with van der Waals surface area (Å²) >= 11 is 1.35. The molecule has 2 aromatic rings. The Morgan fingerprint density at radius 2 is 2.00 bits per heavy atom. The molecule has 0 radical (unpaired) electrons. The molecule has 0 aliphatic carbocycles. The molecule has 1 aromatic carbocycles. The molecule has 1 aromatic heterocycles. The second-order valence-corrected chi connectivity index (χ2v) is 5.86. The maximum Gasteiger partial charge on any atom is 0.251 e. The first-order valence-corrected chi connectivity index (χ1v) is 7.88. The van der Waals surface area contributed by atoms with E-state index in [2.05, 4.69) is 27.8 Å². The van der Waals surface area contributed by atoms with Gasteiger partial charge in [-0.05, 0) is 25.0 Å². The van der Waals surface area contributed by atoms with E-state index in [-0.39, 0.29) is 18.4 Å². The third-order valence-corrected chi connectivity index (χ3v) is 3.87. The number of amides is 2. The lowest BCUT2D eigenvalue weighted by atomic mass is 10.1. The van der Waals surface area contributed by atoms with Gasteiger partial charge in [-0.1, -0.05) is 36.5 Å². The van der Waals surface area contributed by atoms with Crippen LogP contribution in [0.4, 0.5) is 5.13 Å². The summed E-state index contributed by atoms with van der Waals surface area (Å²) in [7, 11) is 0. The van der Waals surface area contributed by atoms with Crippen molar-refractivity contribution >= 4 is 28.3 Å². The van der Waals surface area contributed by atoms with Crippen molar-refractivity contribution in [2.45, 2.75) is 26.7 Å². The smallest absolute Gasteiger partial charge is 0.251 e. The van der Waals surface area contributed by atoms with E-state index < -0.39 is 0 Å². The number of benzene rings is 1. The average molecular weight is 318 g/mol. The van der Waals surface area contributed by atoms with Crippen LogP contribution in [0.2, 0.25) is 0 Å². The molecule has 6 nitrogen and oxygen atoms in total. The van der Waals surface area contributed by atoms with Crippen LogP contribution in [0.25, 0.3) is 0 Å².